The lowest BCUT2D eigenvalue weighted by Crippen LogP contribution is -2.48. The van der Waals surface area contributed by atoms with E-state index in [9.17, 15) is 4.79 Å². The number of amides is 1. The van der Waals surface area contributed by atoms with Gasteiger partial charge < -0.3 is 5.32 Å². The zero-order valence-electron chi connectivity index (χ0n) is 9.95. The van der Waals surface area contributed by atoms with Gasteiger partial charge in [-0.15, -0.1) is 0 Å². The summed E-state index contributed by atoms with van der Waals surface area (Å²) in [4.78, 5) is 12.1. The van der Waals surface area contributed by atoms with E-state index in [2.05, 4.69) is 10.6 Å². The molecule has 1 amide bonds. The minimum Gasteiger partial charge on any atom is -0.336 e. The molecule has 94 valence electrons. The van der Waals surface area contributed by atoms with Crippen LogP contribution in [-0.4, -0.2) is 11.6 Å². The predicted molar refractivity (Wildman–Crippen MR) is 69.0 cm³/mol. The van der Waals surface area contributed by atoms with E-state index in [1.807, 2.05) is 24.3 Å². The van der Waals surface area contributed by atoms with E-state index in [1.165, 1.54) is 6.42 Å². The number of fused-ring (bicyclic) bond motifs is 1. The molecule has 1 heterocycles. The van der Waals surface area contributed by atoms with E-state index in [1.54, 1.807) is 0 Å². The second kappa shape index (κ2) is 3.49. The van der Waals surface area contributed by atoms with Crippen molar-refractivity contribution in [1.29, 1.82) is 0 Å². The number of hydrogen-bond acceptors (Lipinski definition) is 2. The normalized spacial score (nSPS) is 40.9. The molecule has 18 heavy (non-hydrogen) atoms. The average molecular weight is 263 g/mol. The van der Waals surface area contributed by atoms with Crippen molar-refractivity contribution in [2.45, 2.75) is 31.0 Å². The molecule has 3 unspecified atom stereocenters. The van der Waals surface area contributed by atoms with Gasteiger partial charge >= 0.3 is 0 Å². The molecule has 1 saturated heterocycles. The van der Waals surface area contributed by atoms with Crippen molar-refractivity contribution < 1.29 is 4.79 Å². The number of hydrogen-bond donors (Lipinski definition) is 2. The standard InChI is InChI=1S/C14H15ClN2O/c15-11-3-1-8(2-4-11)12-13(18)17-14(16-12)6-9-5-10(9)7-14/h1-4,9-10,12,16H,5-7H2,(H,17,18). The Morgan fingerprint density at radius 1 is 1.17 bits per heavy atom. The summed E-state index contributed by atoms with van der Waals surface area (Å²) in [6, 6.07) is 7.30. The van der Waals surface area contributed by atoms with Crippen LogP contribution in [0.25, 0.3) is 0 Å². The maximum absolute atomic E-state index is 12.1. The summed E-state index contributed by atoms with van der Waals surface area (Å²) in [5.74, 6) is 1.77. The van der Waals surface area contributed by atoms with Gasteiger partial charge in [0.25, 0.3) is 0 Å². The predicted octanol–water partition coefficient (Wildman–Crippen LogP) is 2.23. The zero-order valence-corrected chi connectivity index (χ0v) is 10.7. The molecule has 2 aliphatic carbocycles. The molecular formula is C14H15ClN2O. The molecule has 1 spiro atoms. The van der Waals surface area contributed by atoms with E-state index in [4.69, 9.17) is 11.6 Å². The summed E-state index contributed by atoms with van der Waals surface area (Å²) < 4.78 is 0. The summed E-state index contributed by atoms with van der Waals surface area (Å²) in [6.07, 6.45) is 3.53. The summed E-state index contributed by atoms with van der Waals surface area (Å²) in [6.45, 7) is 0. The van der Waals surface area contributed by atoms with Crippen LogP contribution in [0.3, 0.4) is 0 Å². The first-order valence-corrected chi connectivity index (χ1v) is 6.88. The Morgan fingerprint density at radius 3 is 2.50 bits per heavy atom. The van der Waals surface area contributed by atoms with Crippen LogP contribution in [0, 0.1) is 11.8 Å². The lowest BCUT2D eigenvalue weighted by Gasteiger charge is -2.26. The van der Waals surface area contributed by atoms with Crippen molar-refractivity contribution in [3.05, 3.63) is 34.9 Å². The van der Waals surface area contributed by atoms with Gasteiger partial charge in [-0.25, -0.2) is 0 Å². The molecule has 0 bridgehead atoms. The Bertz CT molecular complexity index is 503. The van der Waals surface area contributed by atoms with Crippen LogP contribution in [-0.2, 0) is 4.79 Å². The van der Waals surface area contributed by atoms with Crippen molar-refractivity contribution in [2.75, 3.05) is 0 Å². The van der Waals surface area contributed by atoms with E-state index < -0.39 is 0 Å². The highest BCUT2D eigenvalue weighted by molar-refractivity contribution is 6.30. The van der Waals surface area contributed by atoms with Gasteiger partial charge in [0.1, 0.15) is 6.04 Å². The van der Waals surface area contributed by atoms with Crippen LogP contribution in [0.4, 0.5) is 0 Å². The molecule has 4 rings (SSSR count). The first-order valence-electron chi connectivity index (χ1n) is 6.50. The Hall–Kier alpha value is -1.06. The lowest BCUT2D eigenvalue weighted by atomic mass is 10.0. The van der Waals surface area contributed by atoms with Crippen LogP contribution in [0.2, 0.25) is 5.02 Å². The summed E-state index contributed by atoms with van der Waals surface area (Å²) in [5, 5.41) is 7.38. The highest BCUT2D eigenvalue weighted by atomic mass is 35.5. The molecule has 2 N–H and O–H groups in total. The summed E-state index contributed by atoms with van der Waals surface area (Å²) in [5.41, 5.74) is 0.865. The average Bonchev–Trinajstić information content (AvgIpc) is 2.83. The molecule has 0 radical (unpaired) electrons. The molecule has 3 atom stereocenters. The SMILES string of the molecule is O=C1NC2(CC3CC3C2)NC1c1ccc(Cl)cc1. The van der Waals surface area contributed by atoms with Gasteiger partial charge in [-0.3, -0.25) is 10.1 Å². The molecule has 3 nitrogen and oxygen atoms in total. The number of rotatable bonds is 1. The number of benzene rings is 1. The lowest BCUT2D eigenvalue weighted by molar-refractivity contribution is -0.121. The second-order valence-corrected chi connectivity index (χ2v) is 6.30. The number of carbonyl (C=O) groups excluding carboxylic acids is 1. The molecule has 2 saturated carbocycles. The zero-order chi connectivity index (χ0) is 12.3. The molecule has 1 aromatic rings. The van der Waals surface area contributed by atoms with Crippen molar-refractivity contribution in [3.8, 4) is 0 Å². The third-order valence-corrected chi connectivity index (χ3v) is 4.79. The topological polar surface area (TPSA) is 41.1 Å². The van der Waals surface area contributed by atoms with Gasteiger partial charge in [0.2, 0.25) is 5.91 Å². The monoisotopic (exact) mass is 262 g/mol. The van der Waals surface area contributed by atoms with Crippen molar-refractivity contribution in [2.24, 2.45) is 11.8 Å². The number of halogens is 1. The fraction of sp³-hybridized carbons (Fsp3) is 0.500. The van der Waals surface area contributed by atoms with Crippen LogP contribution in [0.1, 0.15) is 30.9 Å². The summed E-state index contributed by atoms with van der Waals surface area (Å²) in [7, 11) is 0. The van der Waals surface area contributed by atoms with E-state index in [-0.39, 0.29) is 17.6 Å². The van der Waals surface area contributed by atoms with Gasteiger partial charge in [0, 0.05) is 5.02 Å². The Morgan fingerprint density at radius 2 is 1.83 bits per heavy atom. The van der Waals surface area contributed by atoms with Gasteiger partial charge in [-0.05, 0) is 48.8 Å². The van der Waals surface area contributed by atoms with E-state index in [0.717, 1.165) is 30.2 Å². The van der Waals surface area contributed by atoms with Crippen molar-refractivity contribution in [1.82, 2.24) is 10.6 Å². The van der Waals surface area contributed by atoms with Gasteiger partial charge in [-0.1, -0.05) is 23.7 Å². The molecule has 4 heteroatoms. The minimum atomic E-state index is -0.222. The highest BCUT2D eigenvalue weighted by Crippen LogP contribution is 2.56. The van der Waals surface area contributed by atoms with Gasteiger partial charge in [0.05, 0.1) is 5.66 Å². The van der Waals surface area contributed by atoms with Crippen LogP contribution in [0.15, 0.2) is 24.3 Å². The first kappa shape index (κ1) is 10.8. The van der Waals surface area contributed by atoms with Gasteiger partial charge in [-0.2, -0.15) is 0 Å². The molecule has 1 aliphatic heterocycles. The van der Waals surface area contributed by atoms with Crippen molar-refractivity contribution in [3.63, 3.8) is 0 Å². The number of nitrogens with one attached hydrogen (secondary N) is 2. The van der Waals surface area contributed by atoms with Crippen molar-refractivity contribution >= 4 is 17.5 Å². The Labute approximate surface area is 111 Å². The van der Waals surface area contributed by atoms with E-state index in [0.29, 0.717) is 5.02 Å². The fourth-order valence-electron chi connectivity index (χ4n) is 3.58. The molecular weight excluding hydrogens is 248 g/mol. The van der Waals surface area contributed by atoms with Crippen LogP contribution in [0.5, 0.6) is 0 Å². The maximum Gasteiger partial charge on any atom is 0.243 e. The quantitative estimate of drug-likeness (QED) is 0.815. The Kier molecular flexibility index (Phi) is 2.10. The third kappa shape index (κ3) is 1.57. The largest absolute Gasteiger partial charge is 0.336 e. The summed E-state index contributed by atoms with van der Waals surface area (Å²) >= 11 is 5.88. The minimum absolute atomic E-state index is 0.0959. The van der Waals surface area contributed by atoms with Gasteiger partial charge in [0.15, 0.2) is 0 Å². The Balaban J connectivity index is 1.59. The molecule has 3 aliphatic rings. The molecule has 3 fully saturated rings. The maximum atomic E-state index is 12.1. The second-order valence-electron chi connectivity index (χ2n) is 5.86. The fourth-order valence-corrected chi connectivity index (χ4v) is 3.71. The van der Waals surface area contributed by atoms with Crippen LogP contribution >= 0.6 is 11.6 Å². The molecule has 0 aromatic heterocycles. The number of carbonyl (C=O) groups is 1. The smallest absolute Gasteiger partial charge is 0.243 e. The first-order chi connectivity index (χ1) is 8.65. The van der Waals surface area contributed by atoms with Crippen LogP contribution < -0.4 is 10.6 Å². The molecule has 1 aromatic carbocycles. The highest BCUT2D eigenvalue weighted by Gasteiger charge is 2.58. The third-order valence-electron chi connectivity index (χ3n) is 4.54. The van der Waals surface area contributed by atoms with E-state index >= 15 is 0 Å².